The Morgan fingerprint density at radius 1 is 1.30 bits per heavy atom. The minimum absolute atomic E-state index is 0.00859. The molecule has 156 valence electrons. The first-order valence-electron chi connectivity index (χ1n) is 10.0. The van der Waals surface area contributed by atoms with Crippen molar-refractivity contribution in [2.24, 2.45) is 13.0 Å². The smallest absolute Gasteiger partial charge is 0.257 e. The fraction of sp³-hybridized carbons (Fsp3) is 0.500. The maximum absolute atomic E-state index is 9.69. The number of nitrogens with one attached hydrogen (secondary N) is 1. The molecule has 2 aliphatic heterocycles. The molecule has 0 aromatic carbocycles. The number of fused-ring (bicyclic) bond motifs is 1. The van der Waals surface area contributed by atoms with Crippen LogP contribution in [-0.2, 0) is 16.5 Å². The summed E-state index contributed by atoms with van der Waals surface area (Å²) in [5, 5.41) is 18.1. The summed E-state index contributed by atoms with van der Waals surface area (Å²) in [7, 11) is 1.83. The molecule has 0 amide bonds. The van der Waals surface area contributed by atoms with E-state index in [-0.39, 0.29) is 18.1 Å². The molecule has 0 aliphatic carbocycles. The Labute approximate surface area is 173 Å². The quantitative estimate of drug-likeness (QED) is 0.682. The molecule has 10 heteroatoms. The monoisotopic (exact) mass is 409 g/mol. The molecule has 0 spiro atoms. The van der Waals surface area contributed by atoms with Crippen LogP contribution < -0.4 is 10.1 Å². The number of rotatable bonds is 5. The summed E-state index contributed by atoms with van der Waals surface area (Å²) >= 11 is 0. The summed E-state index contributed by atoms with van der Waals surface area (Å²) in [5.74, 6) is 1.20. The lowest BCUT2D eigenvalue weighted by Crippen LogP contribution is -2.38. The summed E-state index contributed by atoms with van der Waals surface area (Å²) < 4.78 is 20.3. The fourth-order valence-corrected chi connectivity index (χ4v) is 3.94. The number of anilines is 2. The third kappa shape index (κ3) is 3.36. The Balaban J connectivity index is 1.49. The highest BCUT2D eigenvalue weighted by Gasteiger charge is 2.28. The van der Waals surface area contributed by atoms with E-state index in [1.807, 2.05) is 23.9 Å². The van der Waals surface area contributed by atoms with Crippen LogP contribution in [0.1, 0.15) is 25.1 Å². The lowest BCUT2D eigenvalue weighted by atomic mass is 9.97. The van der Waals surface area contributed by atoms with E-state index in [1.165, 1.54) is 0 Å². The van der Waals surface area contributed by atoms with E-state index in [2.05, 4.69) is 28.4 Å². The first kappa shape index (κ1) is 18.8. The Morgan fingerprint density at radius 2 is 2.17 bits per heavy atom. The molecule has 5 rings (SSSR count). The predicted octanol–water partition coefficient (Wildman–Crippen LogP) is 2.16. The van der Waals surface area contributed by atoms with Gasteiger partial charge in [0.1, 0.15) is 29.2 Å². The average molecular weight is 409 g/mol. The number of hydrogen-bond donors (Lipinski definition) is 1. The van der Waals surface area contributed by atoms with Crippen LogP contribution >= 0.6 is 0 Å². The number of hydrogen-bond acceptors (Lipinski definition) is 8. The largest absolute Gasteiger partial charge is 0.467 e. The van der Waals surface area contributed by atoms with Crippen molar-refractivity contribution in [2.45, 2.75) is 25.5 Å². The molecule has 2 fully saturated rings. The van der Waals surface area contributed by atoms with Crippen molar-refractivity contribution in [1.82, 2.24) is 24.3 Å². The van der Waals surface area contributed by atoms with Gasteiger partial charge in [0.25, 0.3) is 5.88 Å². The van der Waals surface area contributed by atoms with Gasteiger partial charge >= 0.3 is 0 Å². The highest BCUT2D eigenvalue weighted by molar-refractivity contribution is 5.79. The number of ether oxygens (including phenoxy) is 3. The van der Waals surface area contributed by atoms with Crippen molar-refractivity contribution in [1.29, 1.82) is 5.26 Å². The second-order valence-electron chi connectivity index (χ2n) is 7.82. The first-order valence-corrected chi connectivity index (χ1v) is 10.0. The Morgan fingerprint density at radius 3 is 2.90 bits per heavy atom. The van der Waals surface area contributed by atoms with Crippen LogP contribution in [0.4, 0.5) is 11.6 Å². The zero-order valence-electron chi connectivity index (χ0n) is 16.9. The van der Waals surface area contributed by atoms with Gasteiger partial charge in [-0.3, -0.25) is 4.68 Å². The molecular formula is C20H23N7O3. The van der Waals surface area contributed by atoms with Gasteiger partial charge in [0.2, 0.25) is 5.95 Å². The highest BCUT2D eigenvalue weighted by atomic mass is 16.6. The number of nitriles is 1. The molecule has 2 saturated heterocycles. The molecule has 3 aromatic heterocycles. The standard InChI is InChI=1S/C20H23N7O3/c1-12-9-28-4-3-17(12)27-14(6-21)5-13-7-22-20(24-18(13)27)23-16-8-26(2)25-19(16)30-15-10-29-11-15/h5,7-8,12,15,17H,3-4,9-11H2,1-2H3,(H,22,23,24)/t12-,17-/m0/s1. The Kier molecular flexibility index (Phi) is 4.77. The van der Waals surface area contributed by atoms with Crippen LogP contribution in [0.3, 0.4) is 0 Å². The molecule has 0 unspecified atom stereocenters. The molecule has 0 bridgehead atoms. The van der Waals surface area contributed by atoms with Gasteiger partial charge < -0.3 is 24.1 Å². The van der Waals surface area contributed by atoms with Gasteiger partial charge in [0, 0.05) is 37.2 Å². The lowest BCUT2D eigenvalue weighted by molar-refractivity contribution is -0.0812. The second-order valence-corrected chi connectivity index (χ2v) is 7.82. The van der Waals surface area contributed by atoms with Crippen molar-refractivity contribution < 1.29 is 14.2 Å². The molecule has 1 N–H and O–H groups in total. The van der Waals surface area contributed by atoms with Crippen LogP contribution in [0.15, 0.2) is 18.5 Å². The van der Waals surface area contributed by atoms with Gasteiger partial charge in [-0.15, -0.1) is 5.10 Å². The molecule has 0 saturated carbocycles. The lowest BCUT2D eigenvalue weighted by Gasteiger charge is -2.31. The van der Waals surface area contributed by atoms with Crippen LogP contribution in [-0.4, -0.2) is 56.8 Å². The molecule has 10 nitrogen and oxygen atoms in total. The van der Waals surface area contributed by atoms with E-state index in [4.69, 9.17) is 19.2 Å². The van der Waals surface area contributed by atoms with Crippen molar-refractivity contribution in [3.05, 3.63) is 24.2 Å². The molecule has 30 heavy (non-hydrogen) atoms. The van der Waals surface area contributed by atoms with Gasteiger partial charge in [-0.25, -0.2) is 4.98 Å². The minimum atomic E-state index is 0.00859. The molecule has 2 aliphatic rings. The maximum Gasteiger partial charge on any atom is 0.257 e. The van der Waals surface area contributed by atoms with Crippen molar-refractivity contribution in [3.8, 4) is 11.9 Å². The molecule has 3 aromatic rings. The summed E-state index contributed by atoms with van der Waals surface area (Å²) in [6.07, 6.45) is 4.41. The Hall–Kier alpha value is -3.16. The SMILES string of the molecule is C[C@H]1COCC[C@@H]1n1c(C#N)cc2cnc(Nc3cn(C)nc3OC3COC3)nc21. The van der Waals surface area contributed by atoms with E-state index < -0.39 is 0 Å². The highest BCUT2D eigenvalue weighted by Crippen LogP contribution is 2.33. The number of nitrogens with zero attached hydrogens (tertiary/aromatic N) is 6. The van der Waals surface area contributed by atoms with Crippen molar-refractivity contribution >= 4 is 22.7 Å². The summed E-state index contributed by atoms with van der Waals surface area (Å²) in [5.41, 5.74) is 2.01. The van der Waals surface area contributed by atoms with Gasteiger partial charge in [-0.2, -0.15) is 10.2 Å². The second kappa shape index (κ2) is 7.59. The van der Waals surface area contributed by atoms with Gasteiger partial charge in [0.15, 0.2) is 0 Å². The molecule has 0 radical (unpaired) electrons. The van der Waals surface area contributed by atoms with Crippen LogP contribution in [0, 0.1) is 17.2 Å². The van der Waals surface area contributed by atoms with Gasteiger partial charge in [-0.1, -0.05) is 6.92 Å². The van der Waals surface area contributed by atoms with E-state index in [9.17, 15) is 5.26 Å². The third-order valence-corrected chi connectivity index (χ3v) is 5.54. The van der Waals surface area contributed by atoms with Gasteiger partial charge in [-0.05, 0) is 12.5 Å². The summed E-state index contributed by atoms with van der Waals surface area (Å²) in [4.78, 5) is 9.18. The Bertz CT molecular complexity index is 1110. The molecular weight excluding hydrogens is 386 g/mol. The van der Waals surface area contributed by atoms with Crippen molar-refractivity contribution in [2.75, 3.05) is 31.7 Å². The maximum atomic E-state index is 9.69. The number of aryl methyl sites for hydroxylation is 1. The number of aromatic nitrogens is 5. The zero-order chi connectivity index (χ0) is 20.7. The topological polar surface area (TPSA) is 112 Å². The van der Waals surface area contributed by atoms with Crippen LogP contribution in [0.2, 0.25) is 0 Å². The molecule has 2 atom stereocenters. The normalized spacial score (nSPS) is 21.9. The molecule has 5 heterocycles. The van der Waals surface area contributed by atoms with E-state index in [0.29, 0.717) is 49.6 Å². The fourth-order valence-electron chi connectivity index (χ4n) is 3.94. The van der Waals surface area contributed by atoms with E-state index in [1.54, 1.807) is 10.9 Å². The van der Waals surface area contributed by atoms with Crippen LogP contribution in [0.5, 0.6) is 5.88 Å². The first-order chi connectivity index (χ1) is 14.6. The predicted molar refractivity (Wildman–Crippen MR) is 108 cm³/mol. The third-order valence-electron chi connectivity index (χ3n) is 5.54. The average Bonchev–Trinajstić information content (AvgIpc) is 3.24. The summed E-state index contributed by atoms with van der Waals surface area (Å²) in [6, 6.07) is 4.31. The van der Waals surface area contributed by atoms with Crippen LogP contribution in [0.25, 0.3) is 11.0 Å². The van der Waals surface area contributed by atoms with E-state index in [0.717, 1.165) is 17.5 Å². The zero-order valence-corrected chi connectivity index (χ0v) is 16.9. The van der Waals surface area contributed by atoms with Crippen molar-refractivity contribution in [3.63, 3.8) is 0 Å². The van der Waals surface area contributed by atoms with E-state index >= 15 is 0 Å². The van der Waals surface area contributed by atoms with Gasteiger partial charge in [0.05, 0.1) is 26.0 Å². The minimum Gasteiger partial charge on any atom is -0.467 e. The summed E-state index contributed by atoms with van der Waals surface area (Å²) in [6.45, 7) is 4.61.